The molecule has 7 heteroatoms. The molecule has 0 aromatic heterocycles. The Hall–Kier alpha value is -2.15. The molecule has 0 aromatic carbocycles. The summed E-state index contributed by atoms with van der Waals surface area (Å²) in [5.41, 5.74) is 5.47. The van der Waals surface area contributed by atoms with Crippen LogP contribution in [0, 0.1) is 0 Å². The summed E-state index contributed by atoms with van der Waals surface area (Å²) in [5, 5.41) is 11.9. The number of hydrogen-bond acceptors (Lipinski definition) is 5. The Balaban J connectivity index is 4.30. The van der Waals surface area contributed by atoms with Crippen molar-refractivity contribution in [3.05, 3.63) is 24.3 Å². The predicted octanol–water partition coefficient (Wildman–Crippen LogP) is 11.7. The Bertz CT molecular complexity index is 843. The highest BCUT2D eigenvalue weighted by molar-refractivity contribution is 5.83. The third-order valence-corrected chi connectivity index (χ3v) is 9.47. The first-order valence-corrected chi connectivity index (χ1v) is 21.2. The molecule has 0 aliphatic heterocycles. The monoisotopic (exact) mass is 705 g/mol. The van der Waals surface area contributed by atoms with E-state index in [-0.39, 0.29) is 18.0 Å². The minimum atomic E-state index is -1.00. The number of unbranched alkanes of at least 4 members (excludes halogenated alkanes) is 22. The van der Waals surface area contributed by atoms with Crippen LogP contribution >= 0.6 is 0 Å². The molecule has 7 nitrogen and oxygen atoms in total. The van der Waals surface area contributed by atoms with Gasteiger partial charge in [0, 0.05) is 12.8 Å². The summed E-state index contributed by atoms with van der Waals surface area (Å²) in [6.07, 6.45) is 42.4. The topological polar surface area (TPSA) is 119 Å². The van der Waals surface area contributed by atoms with Gasteiger partial charge in [-0.05, 0) is 89.7 Å². The zero-order chi connectivity index (χ0) is 36.8. The molecule has 0 bridgehead atoms. The number of ether oxygens (including phenoxy) is 1. The predicted molar refractivity (Wildman–Crippen MR) is 211 cm³/mol. The molecule has 0 heterocycles. The number of hydrogen-bond donors (Lipinski definition) is 3. The number of nitrogens with two attached hydrogens (primary N) is 1. The fraction of sp³-hybridized carbons (Fsp3) is 0.837. The molecule has 0 saturated heterocycles. The molecule has 0 rings (SSSR count). The smallest absolute Gasteiger partial charge is 0.326 e. The van der Waals surface area contributed by atoms with Crippen LogP contribution in [0.5, 0.6) is 0 Å². The van der Waals surface area contributed by atoms with Gasteiger partial charge in [0.25, 0.3) is 0 Å². The lowest BCUT2D eigenvalue weighted by atomic mass is 10.0. The Morgan fingerprint density at radius 1 is 0.580 bits per heavy atom. The molecule has 1 amide bonds. The number of amides is 1. The lowest BCUT2D eigenvalue weighted by Gasteiger charge is -2.15. The minimum absolute atomic E-state index is 0.0658. The van der Waals surface area contributed by atoms with E-state index in [0.717, 1.165) is 64.2 Å². The number of carbonyl (C=O) groups excluding carboxylic acids is 2. The van der Waals surface area contributed by atoms with Crippen LogP contribution in [0.2, 0.25) is 0 Å². The molecule has 0 spiro atoms. The summed E-state index contributed by atoms with van der Waals surface area (Å²) in [6, 6.07) is -0.852. The van der Waals surface area contributed by atoms with E-state index in [1.54, 1.807) is 0 Å². The minimum Gasteiger partial charge on any atom is -0.480 e. The van der Waals surface area contributed by atoms with Crippen LogP contribution in [-0.2, 0) is 19.1 Å². The van der Waals surface area contributed by atoms with E-state index in [1.807, 2.05) is 0 Å². The van der Waals surface area contributed by atoms with E-state index in [9.17, 15) is 19.5 Å². The Kier molecular flexibility index (Phi) is 36.5. The zero-order valence-corrected chi connectivity index (χ0v) is 32.7. The first-order chi connectivity index (χ1) is 24.4. The van der Waals surface area contributed by atoms with Gasteiger partial charge in [0.15, 0.2) is 0 Å². The van der Waals surface area contributed by atoms with E-state index in [0.29, 0.717) is 32.2 Å². The van der Waals surface area contributed by atoms with Crippen LogP contribution < -0.4 is 11.1 Å². The highest BCUT2D eigenvalue weighted by Crippen LogP contribution is 2.16. The van der Waals surface area contributed by atoms with Crippen LogP contribution in [0.3, 0.4) is 0 Å². The number of carbonyl (C=O) groups is 3. The summed E-state index contributed by atoms with van der Waals surface area (Å²) < 4.78 is 5.95. The molecule has 50 heavy (non-hydrogen) atoms. The maximum Gasteiger partial charge on any atom is 0.326 e. The van der Waals surface area contributed by atoms with Gasteiger partial charge in [-0.1, -0.05) is 141 Å². The third kappa shape index (κ3) is 34.3. The van der Waals surface area contributed by atoms with Gasteiger partial charge in [-0.25, -0.2) is 4.79 Å². The number of allylic oxidation sites excluding steroid dienone is 3. The first-order valence-electron chi connectivity index (χ1n) is 21.2. The number of carboxylic acids is 1. The number of rotatable bonds is 38. The van der Waals surface area contributed by atoms with Gasteiger partial charge in [0.05, 0.1) is 0 Å². The summed E-state index contributed by atoms with van der Waals surface area (Å²) >= 11 is 0. The molecule has 292 valence electrons. The first kappa shape index (κ1) is 47.8. The van der Waals surface area contributed by atoms with E-state index < -0.39 is 12.0 Å². The van der Waals surface area contributed by atoms with Gasteiger partial charge in [-0.3, -0.25) is 9.59 Å². The number of nitrogens with one attached hydrogen (secondary N) is 1. The number of esters is 1. The Morgan fingerprint density at radius 2 is 1.04 bits per heavy atom. The van der Waals surface area contributed by atoms with Crippen LogP contribution in [0.1, 0.15) is 213 Å². The van der Waals surface area contributed by atoms with E-state index in [2.05, 4.69) is 43.5 Å². The molecule has 0 saturated carbocycles. The summed E-state index contributed by atoms with van der Waals surface area (Å²) in [7, 11) is 0. The maximum atomic E-state index is 12.7. The Labute approximate surface area is 308 Å². The second-order valence-corrected chi connectivity index (χ2v) is 14.4. The number of aliphatic carboxylic acids is 1. The molecular formula is C43H80N2O5. The summed E-state index contributed by atoms with van der Waals surface area (Å²) in [4.78, 5) is 36.2. The molecule has 0 aliphatic carbocycles. The average Bonchev–Trinajstić information content (AvgIpc) is 3.10. The standard InChI is InChI=1S/C43H80N2O5/c1-3-5-7-9-11-13-14-15-16-17-19-21-27-31-37-42(47)50-39(33-28-24-20-18-12-10-8-6-4-2)34-29-25-22-23-26-30-36-41(46)45-40(43(48)49)35-32-38-44/h14-15,28,33,39-40H,3-13,16-27,29-32,34-38,44H2,1-2H3,(H,45,46)(H,48,49)/b15-14-,33-28-. The van der Waals surface area contributed by atoms with Crippen molar-refractivity contribution in [2.45, 2.75) is 225 Å². The molecule has 0 fully saturated rings. The van der Waals surface area contributed by atoms with Crippen molar-refractivity contribution in [1.29, 1.82) is 0 Å². The van der Waals surface area contributed by atoms with Gasteiger partial charge in [-0.2, -0.15) is 0 Å². The highest BCUT2D eigenvalue weighted by Gasteiger charge is 2.18. The van der Waals surface area contributed by atoms with Gasteiger partial charge < -0.3 is 20.9 Å². The van der Waals surface area contributed by atoms with E-state index in [4.69, 9.17) is 10.5 Å². The fourth-order valence-corrected chi connectivity index (χ4v) is 6.24. The van der Waals surface area contributed by atoms with Gasteiger partial charge in [0.1, 0.15) is 12.1 Å². The average molecular weight is 705 g/mol. The second kappa shape index (κ2) is 38.1. The van der Waals surface area contributed by atoms with Crippen molar-refractivity contribution >= 4 is 17.8 Å². The normalized spacial score (nSPS) is 12.9. The van der Waals surface area contributed by atoms with Gasteiger partial charge in [-0.15, -0.1) is 0 Å². The lowest BCUT2D eigenvalue weighted by Crippen LogP contribution is -2.40. The quantitative estimate of drug-likeness (QED) is 0.0334. The lowest BCUT2D eigenvalue weighted by molar-refractivity contribution is -0.147. The van der Waals surface area contributed by atoms with Crippen LogP contribution in [0.25, 0.3) is 0 Å². The zero-order valence-electron chi connectivity index (χ0n) is 32.7. The summed E-state index contributed by atoms with van der Waals surface area (Å²) in [5.74, 6) is -1.27. The maximum absolute atomic E-state index is 12.7. The molecule has 0 aliphatic rings. The summed E-state index contributed by atoms with van der Waals surface area (Å²) in [6.45, 7) is 4.93. The van der Waals surface area contributed by atoms with Crippen molar-refractivity contribution in [2.75, 3.05) is 6.54 Å². The third-order valence-electron chi connectivity index (χ3n) is 9.47. The van der Waals surface area contributed by atoms with Crippen LogP contribution in [0.4, 0.5) is 0 Å². The molecule has 2 unspecified atom stereocenters. The van der Waals surface area contributed by atoms with E-state index in [1.165, 1.54) is 109 Å². The highest BCUT2D eigenvalue weighted by atomic mass is 16.5. The van der Waals surface area contributed by atoms with Gasteiger partial charge >= 0.3 is 11.9 Å². The molecular weight excluding hydrogens is 624 g/mol. The van der Waals surface area contributed by atoms with Crippen molar-refractivity contribution in [3.63, 3.8) is 0 Å². The van der Waals surface area contributed by atoms with Crippen LogP contribution in [0.15, 0.2) is 24.3 Å². The molecule has 0 aromatic rings. The van der Waals surface area contributed by atoms with Crippen molar-refractivity contribution in [3.8, 4) is 0 Å². The van der Waals surface area contributed by atoms with Crippen molar-refractivity contribution in [1.82, 2.24) is 5.32 Å². The Morgan fingerprint density at radius 3 is 1.56 bits per heavy atom. The molecule has 2 atom stereocenters. The van der Waals surface area contributed by atoms with E-state index >= 15 is 0 Å². The van der Waals surface area contributed by atoms with Crippen molar-refractivity contribution in [2.24, 2.45) is 5.73 Å². The largest absolute Gasteiger partial charge is 0.480 e. The van der Waals surface area contributed by atoms with Crippen LogP contribution in [-0.4, -0.2) is 41.6 Å². The molecule has 0 radical (unpaired) electrons. The van der Waals surface area contributed by atoms with Gasteiger partial charge in [0.2, 0.25) is 5.91 Å². The second-order valence-electron chi connectivity index (χ2n) is 14.4. The SMILES string of the molecule is CCCCCCC/C=C\CCCCCCCC(=O)OC(/C=C\CCCCCCCCC)CCCCCCCCC(=O)NC(CCCN)C(=O)O. The fourth-order valence-electron chi connectivity index (χ4n) is 6.24. The van der Waals surface area contributed by atoms with Crippen molar-refractivity contribution < 1.29 is 24.2 Å². The number of carboxylic acid groups (broad SMARTS) is 1. The molecule has 4 N–H and O–H groups in total.